The number of rotatable bonds is 9. The van der Waals surface area contributed by atoms with Crippen LogP contribution in [0.1, 0.15) is 31.8 Å². The van der Waals surface area contributed by atoms with Gasteiger partial charge in [0.1, 0.15) is 11.9 Å². The minimum absolute atomic E-state index is 0.0908. The molecule has 9 nitrogen and oxygen atoms in total. The van der Waals surface area contributed by atoms with E-state index in [1.165, 1.54) is 40.0 Å². The van der Waals surface area contributed by atoms with E-state index in [0.717, 1.165) is 32.9 Å². The lowest BCUT2D eigenvalue weighted by Crippen LogP contribution is -2.37. The highest BCUT2D eigenvalue weighted by Crippen LogP contribution is 2.38. The Bertz CT molecular complexity index is 1480. The van der Waals surface area contributed by atoms with Crippen LogP contribution >= 0.6 is 23.1 Å². The number of aromatic nitrogens is 1. The second-order valence-electron chi connectivity index (χ2n) is 10.1. The molecule has 0 bridgehead atoms. The van der Waals surface area contributed by atoms with Gasteiger partial charge in [-0.25, -0.2) is 9.37 Å². The first-order valence-corrected chi connectivity index (χ1v) is 14.9. The van der Waals surface area contributed by atoms with E-state index < -0.39 is 6.17 Å². The summed E-state index contributed by atoms with van der Waals surface area (Å²) in [6.45, 7) is 6.22. The molecule has 1 unspecified atom stereocenters. The van der Waals surface area contributed by atoms with Crippen molar-refractivity contribution >= 4 is 46.0 Å². The van der Waals surface area contributed by atoms with Crippen LogP contribution in [0.25, 0.3) is 0 Å². The minimum atomic E-state index is -1.38. The second-order valence-corrected chi connectivity index (χ2v) is 12.5. The van der Waals surface area contributed by atoms with Gasteiger partial charge < -0.3 is 19.4 Å². The monoisotopic (exact) mass is 611 g/mol. The maximum Gasteiger partial charge on any atom is 0.257 e. The summed E-state index contributed by atoms with van der Waals surface area (Å²) in [5, 5.41) is 3.32. The third-order valence-corrected chi connectivity index (χ3v) is 8.53. The summed E-state index contributed by atoms with van der Waals surface area (Å²) in [5.41, 5.74) is 2.64. The zero-order chi connectivity index (χ0) is 30.4. The van der Waals surface area contributed by atoms with E-state index in [9.17, 15) is 18.8 Å². The van der Waals surface area contributed by atoms with Crippen molar-refractivity contribution in [3.8, 4) is 5.75 Å². The van der Waals surface area contributed by atoms with Gasteiger partial charge in [-0.15, -0.1) is 0 Å². The van der Waals surface area contributed by atoms with Crippen LogP contribution in [-0.4, -0.2) is 91.0 Å². The first-order chi connectivity index (χ1) is 20.1. The number of aryl methyl sites for hydroxylation is 1. The van der Waals surface area contributed by atoms with Gasteiger partial charge in [-0.05, 0) is 62.5 Å². The van der Waals surface area contributed by atoms with Gasteiger partial charge in [-0.2, -0.15) is 0 Å². The number of anilines is 1. The van der Waals surface area contributed by atoms with Crippen LogP contribution in [0.5, 0.6) is 5.75 Å². The number of hydrogen-bond donors (Lipinski definition) is 1. The number of thiazole rings is 1. The number of alkyl halides is 1. The van der Waals surface area contributed by atoms with Gasteiger partial charge in [0.15, 0.2) is 5.13 Å². The number of hydrogen-bond acceptors (Lipinski definition) is 8. The lowest BCUT2D eigenvalue weighted by Gasteiger charge is -2.23. The van der Waals surface area contributed by atoms with Crippen molar-refractivity contribution in [3.05, 3.63) is 77.5 Å². The van der Waals surface area contributed by atoms with Crippen LogP contribution in [0, 0.1) is 6.92 Å². The molecule has 0 spiro atoms. The van der Waals surface area contributed by atoms with Crippen molar-refractivity contribution in [2.24, 2.45) is 0 Å². The molecule has 4 rings (SSSR count). The maximum atomic E-state index is 14.7. The molecular weight excluding hydrogens is 577 g/mol. The first kappa shape index (κ1) is 31.2. The smallest absolute Gasteiger partial charge is 0.257 e. The van der Waals surface area contributed by atoms with Crippen LogP contribution in [-0.2, 0) is 11.3 Å². The number of nitrogens with one attached hydrogen (secondary N) is 1. The lowest BCUT2D eigenvalue weighted by molar-refractivity contribution is -0.126. The fourth-order valence-corrected chi connectivity index (χ4v) is 6.69. The number of amides is 3. The summed E-state index contributed by atoms with van der Waals surface area (Å²) in [4.78, 5) is 48.4. The van der Waals surface area contributed by atoms with Crippen LogP contribution in [0.4, 0.5) is 9.52 Å². The molecule has 0 saturated carbocycles. The molecule has 1 fully saturated rings. The summed E-state index contributed by atoms with van der Waals surface area (Å²) in [6.07, 6.45) is 1.44. The molecule has 1 aliphatic rings. The van der Waals surface area contributed by atoms with Crippen molar-refractivity contribution in [3.63, 3.8) is 0 Å². The van der Waals surface area contributed by atoms with Gasteiger partial charge in [-0.3, -0.25) is 19.7 Å². The summed E-state index contributed by atoms with van der Waals surface area (Å²) >= 11 is 2.72. The first-order valence-electron chi connectivity index (χ1n) is 13.3. The van der Waals surface area contributed by atoms with E-state index in [-0.39, 0.29) is 43.9 Å². The van der Waals surface area contributed by atoms with Crippen LogP contribution in [0.3, 0.4) is 0 Å². The Kier molecular flexibility index (Phi) is 10.4. The molecular formula is C30H34FN5O4S2. The van der Waals surface area contributed by atoms with Gasteiger partial charge in [0.05, 0.1) is 36.2 Å². The number of nitrogens with zero attached hydrogens (tertiary/aromatic N) is 4. The van der Waals surface area contributed by atoms with E-state index in [1.54, 1.807) is 18.3 Å². The molecule has 0 aliphatic carbocycles. The number of carbonyl (C=O) groups is 3. The largest absolute Gasteiger partial charge is 0.496 e. The SMILES string of the molecule is C=CC(=O)N1CCN(C(=O)c2cc(Sc3cnc(NC(=O)c4cccc(CN(C)C)c4)s3)cc(C)c2OC)CC(F)C1. The summed E-state index contributed by atoms with van der Waals surface area (Å²) < 4.78 is 21.1. The van der Waals surface area contributed by atoms with E-state index in [4.69, 9.17) is 4.74 Å². The Morgan fingerprint density at radius 3 is 2.67 bits per heavy atom. The Balaban J connectivity index is 1.49. The fourth-order valence-electron chi connectivity index (χ4n) is 4.70. The van der Waals surface area contributed by atoms with E-state index in [0.29, 0.717) is 22.0 Å². The van der Waals surface area contributed by atoms with Crippen molar-refractivity contribution in [1.29, 1.82) is 0 Å². The highest BCUT2D eigenvalue weighted by Gasteiger charge is 2.29. The number of ether oxygens (including phenoxy) is 1. The van der Waals surface area contributed by atoms with Crippen LogP contribution in [0.2, 0.25) is 0 Å². The maximum absolute atomic E-state index is 14.7. The van der Waals surface area contributed by atoms with E-state index in [1.807, 2.05) is 50.2 Å². The molecule has 3 aromatic rings. The third kappa shape index (κ3) is 7.75. The molecule has 1 aromatic heterocycles. The van der Waals surface area contributed by atoms with Crippen molar-refractivity contribution in [2.45, 2.75) is 28.7 Å². The Hall–Kier alpha value is -3.74. The van der Waals surface area contributed by atoms with Gasteiger partial charge >= 0.3 is 0 Å². The lowest BCUT2D eigenvalue weighted by atomic mass is 10.1. The molecule has 12 heteroatoms. The number of carbonyl (C=O) groups excluding carboxylic acids is 3. The molecule has 3 amide bonds. The molecule has 2 aromatic carbocycles. The zero-order valence-corrected chi connectivity index (χ0v) is 25.7. The zero-order valence-electron chi connectivity index (χ0n) is 24.1. The van der Waals surface area contributed by atoms with Gasteiger partial charge in [-0.1, -0.05) is 41.8 Å². The van der Waals surface area contributed by atoms with E-state index in [2.05, 4.69) is 16.9 Å². The van der Waals surface area contributed by atoms with Crippen LogP contribution < -0.4 is 10.1 Å². The highest BCUT2D eigenvalue weighted by atomic mass is 32.2. The number of methoxy groups -OCH3 is 1. The van der Waals surface area contributed by atoms with Crippen molar-refractivity contribution in [2.75, 3.05) is 52.7 Å². The van der Waals surface area contributed by atoms with Gasteiger partial charge in [0.25, 0.3) is 11.8 Å². The fraction of sp³-hybridized carbons (Fsp3) is 0.333. The predicted molar refractivity (Wildman–Crippen MR) is 163 cm³/mol. The molecule has 1 saturated heterocycles. The van der Waals surface area contributed by atoms with Gasteiger partial charge in [0.2, 0.25) is 5.91 Å². The second kappa shape index (κ2) is 14.0. The number of halogens is 1. The normalized spacial score (nSPS) is 15.3. The average molecular weight is 612 g/mol. The molecule has 222 valence electrons. The highest BCUT2D eigenvalue weighted by molar-refractivity contribution is 8.01. The van der Waals surface area contributed by atoms with Gasteiger partial charge in [0, 0.05) is 30.1 Å². The molecule has 2 heterocycles. The molecule has 1 N–H and O–H groups in total. The minimum Gasteiger partial charge on any atom is -0.496 e. The summed E-state index contributed by atoms with van der Waals surface area (Å²) in [7, 11) is 5.44. The summed E-state index contributed by atoms with van der Waals surface area (Å²) in [5.74, 6) is -0.568. The molecule has 1 aliphatic heterocycles. The average Bonchev–Trinajstić information content (AvgIpc) is 3.28. The molecule has 0 radical (unpaired) electrons. The summed E-state index contributed by atoms with van der Waals surface area (Å²) in [6, 6.07) is 11.1. The van der Waals surface area contributed by atoms with Crippen molar-refractivity contribution < 1.29 is 23.5 Å². The Morgan fingerprint density at radius 1 is 1.21 bits per heavy atom. The number of benzene rings is 2. The van der Waals surface area contributed by atoms with Crippen molar-refractivity contribution in [1.82, 2.24) is 19.7 Å². The predicted octanol–water partition coefficient (Wildman–Crippen LogP) is 4.73. The van der Waals surface area contributed by atoms with E-state index >= 15 is 0 Å². The topological polar surface area (TPSA) is 95.1 Å². The molecule has 42 heavy (non-hydrogen) atoms. The standard InChI is InChI=1S/C30H34FN5O4S2/c1-6-25(37)35-10-11-36(18-22(31)17-35)29(39)24-14-23(12-19(2)27(24)40-5)41-26-15-32-30(42-26)33-28(38)21-9-7-8-20(13-21)16-34(3)4/h6-9,12-15,22H,1,10-11,16-18H2,2-5H3,(H,32,33,38). The quantitative estimate of drug-likeness (QED) is 0.350. The Labute approximate surface area is 253 Å². The third-order valence-electron chi connectivity index (χ3n) is 6.54. The van der Waals surface area contributed by atoms with Crippen LogP contribution in [0.15, 0.2) is 64.4 Å². The Morgan fingerprint density at radius 2 is 1.95 bits per heavy atom. The molecule has 1 atom stereocenters.